The number of benzene rings is 1. The lowest BCUT2D eigenvalue weighted by Crippen LogP contribution is -2.33. The molecular formula is C27H35N3O4. The van der Waals surface area contributed by atoms with E-state index in [4.69, 9.17) is 14.5 Å². The van der Waals surface area contributed by atoms with Crippen LogP contribution in [0.15, 0.2) is 36.4 Å². The van der Waals surface area contributed by atoms with Crippen LogP contribution in [0.1, 0.15) is 61.4 Å². The molecule has 34 heavy (non-hydrogen) atoms. The minimum atomic E-state index is -0.816. The molecule has 3 aliphatic rings. The molecule has 1 saturated heterocycles. The predicted molar refractivity (Wildman–Crippen MR) is 130 cm³/mol. The van der Waals surface area contributed by atoms with E-state index < -0.39 is 12.0 Å². The average Bonchev–Trinajstić information content (AvgIpc) is 3.55. The Morgan fingerprint density at radius 1 is 1.12 bits per heavy atom. The van der Waals surface area contributed by atoms with E-state index in [1.165, 1.54) is 12.0 Å². The fourth-order valence-corrected chi connectivity index (χ4v) is 4.91. The highest BCUT2D eigenvalue weighted by molar-refractivity contribution is 5.75. The number of aryl methyl sites for hydroxylation is 2. The van der Waals surface area contributed by atoms with E-state index in [0.717, 1.165) is 80.9 Å². The van der Waals surface area contributed by atoms with E-state index in [2.05, 4.69) is 17.4 Å². The number of hydrogen-bond acceptors (Lipinski definition) is 6. The summed E-state index contributed by atoms with van der Waals surface area (Å²) in [4.78, 5) is 18.9. The minimum absolute atomic E-state index is 0.0883. The van der Waals surface area contributed by atoms with Crippen molar-refractivity contribution in [2.75, 3.05) is 31.6 Å². The fourth-order valence-electron chi connectivity index (χ4n) is 4.91. The van der Waals surface area contributed by atoms with E-state index in [-0.39, 0.29) is 6.10 Å². The summed E-state index contributed by atoms with van der Waals surface area (Å²) in [5.74, 6) is 1.06. The van der Waals surface area contributed by atoms with E-state index >= 15 is 0 Å². The smallest absolute Gasteiger partial charge is 0.325 e. The molecule has 3 heterocycles. The number of rotatable bonds is 11. The number of aliphatic carboxylic acids is 1. The second kappa shape index (κ2) is 10.7. The van der Waals surface area contributed by atoms with Gasteiger partial charge in [-0.15, -0.1) is 0 Å². The van der Waals surface area contributed by atoms with Crippen LogP contribution in [0.2, 0.25) is 0 Å². The first-order valence-electron chi connectivity index (χ1n) is 12.7. The monoisotopic (exact) mass is 465 g/mol. The molecule has 2 N–H and O–H groups in total. The second-order valence-corrected chi connectivity index (χ2v) is 9.70. The summed E-state index contributed by atoms with van der Waals surface area (Å²) in [5, 5.41) is 13.3. The zero-order chi connectivity index (χ0) is 23.3. The Kier molecular flexibility index (Phi) is 7.30. The predicted octanol–water partition coefficient (Wildman–Crippen LogP) is 4.22. The Hall–Kier alpha value is -2.64. The van der Waals surface area contributed by atoms with Crippen LogP contribution in [-0.4, -0.2) is 59.4 Å². The first-order chi connectivity index (χ1) is 16.7. The molecule has 2 aliphatic heterocycles. The van der Waals surface area contributed by atoms with Crippen molar-refractivity contribution in [2.24, 2.45) is 0 Å². The van der Waals surface area contributed by atoms with Crippen molar-refractivity contribution in [3.63, 3.8) is 0 Å². The number of carboxylic acids is 1. The molecule has 7 nitrogen and oxygen atoms in total. The number of nitrogens with one attached hydrogen (secondary N) is 1. The SMILES string of the molecule is O=C(O)C(c1ccc(OC2CC2)cc1)N1CC[C@@H](OCCCCc2ccc3c(n2)NCCC3)C1. The van der Waals surface area contributed by atoms with Gasteiger partial charge in [-0.1, -0.05) is 18.2 Å². The van der Waals surface area contributed by atoms with Gasteiger partial charge in [-0.3, -0.25) is 9.69 Å². The molecule has 1 saturated carbocycles. The third-order valence-corrected chi connectivity index (χ3v) is 6.93. The number of aromatic nitrogens is 1. The first kappa shape index (κ1) is 23.1. The fraction of sp³-hybridized carbons (Fsp3) is 0.556. The standard InChI is InChI=1S/C27H35N3O4/c31-27(32)25(19-7-10-22(11-8-19)34-23-12-13-23)30-16-14-24(18-30)33-17-2-1-5-21-9-6-20-4-3-15-28-26(20)29-21/h6-11,23-25H,1-5,12-18H2,(H,28,29)(H,31,32)/t24-,25?/m1/s1. The van der Waals surface area contributed by atoms with Gasteiger partial charge in [0.2, 0.25) is 0 Å². The summed E-state index contributed by atoms with van der Waals surface area (Å²) >= 11 is 0. The van der Waals surface area contributed by atoms with Crippen molar-refractivity contribution in [3.8, 4) is 5.75 Å². The molecule has 0 spiro atoms. The number of anilines is 1. The van der Waals surface area contributed by atoms with E-state index in [1.807, 2.05) is 29.2 Å². The lowest BCUT2D eigenvalue weighted by molar-refractivity contribution is -0.143. The molecule has 182 valence electrons. The first-order valence-corrected chi connectivity index (χ1v) is 12.7. The number of unbranched alkanes of at least 4 members (excludes halogenated alkanes) is 1. The Balaban J connectivity index is 1.05. The van der Waals surface area contributed by atoms with Crippen LogP contribution in [0.4, 0.5) is 5.82 Å². The van der Waals surface area contributed by atoms with Gasteiger partial charge in [0, 0.05) is 31.9 Å². The van der Waals surface area contributed by atoms with Gasteiger partial charge in [0.1, 0.15) is 17.6 Å². The van der Waals surface area contributed by atoms with Gasteiger partial charge < -0.3 is 19.9 Å². The van der Waals surface area contributed by atoms with Crippen LogP contribution < -0.4 is 10.1 Å². The van der Waals surface area contributed by atoms with Crippen LogP contribution in [0.5, 0.6) is 5.75 Å². The third-order valence-electron chi connectivity index (χ3n) is 6.93. The van der Waals surface area contributed by atoms with Gasteiger partial charge in [0.15, 0.2) is 0 Å². The maximum absolute atomic E-state index is 12.1. The topological polar surface area (TPSA) is 83.9 Å². The summed E-state index contributed by atoms with van der Waals surface area (Å²) in [6, 6.07) is 11.3. The van der Waals surface area contributed by atoms with Gasteiger partial charge in [0.05, 0.1) is 12.2 Å². The van der Waals surface area contributed by atoms with Gasteiger partial charge >= 0.3 is 5.97 Å². The maximum atomic E-state index is 12.1. The van der Waals surface area contributed by atoms with Gasteiger partial charge in [-0.25, -0.2) is 4.98 Å². The summed E-state index contributed by atoms with van der Waals surface area (Å²) in [7, 11) is 0. The zero-order valence-corrected chi connectivity index (χ0v) is 19.7. The van der Waals surface area contributed by atoms with Crippen LogP contribution in [-0.2, 0) is 22.4 Å². The molecule has 0 amide bonds. The Bertz CT molecular complexity index is 976. The average molecular weight is 466 g/mol. The number of nitrogens with zero attached hydrogens (tertiary/aromatic N) is 2. The molecule has 2 atom stereocenters. The molecule has 0 radical (unpaired) electrons. The van der Waals surface area contributed by atoms with E-state index in [9.17, 15) is 9.90 Å². The van der Waals surface area contributed by atoms with Gasteiger partial charge in [-0.05, 0) is 80.7 Å². The van der Waals surface area contributed by atoms with Crippen molar-refractivity contribution >= 4 is 11.8 Å². The molecule has 2 aromatic rings. The highest BCUT2D eigenvalue weighted by Crippen LogP contribution is 2.30. The van der Waals surface area contributed by atoms with Gasteiger partial charge in [0.25, 0.3) is 0 Å². The van der Waals surface area contributed by atoms with Crippen molar-refractivity contribution in [1.82, 2.24) is 9.88 Å². The zero-order valence-electron chi connectivity index (χ0n) is 19.7. The van der Waals surface area contributed by atoms with Crippen molar-refractivity contribution < 1.29 is 19.4 Å². The van der Waals surface area contributed by atoms with Crippen LogP contribution in [0.25, 0.3) is 0 Å². The van der Waals surface area contributed by atoms with Crippen LogP contribution in [0, 0.1) is 0 Å². The summed E-state index contributed by atoms with van der Waals surface area (Å²) in [6.45, 7) is 3.09. The molecule has 7 heteroatoms. The largest absolute Gasteiger partial charge is 0.490 e. The quantitative estimate of drug-likeness (QED) is 0.481. The molecule has 5 rings (SSSR count). The number of likely N-dealkylation sites (tertiary alicyclic amines) is 1. The minimum Gasteiger partial charge on any atom is -0.490 e. The lowest BCUT2D eigenvalue weighted by atomic mass is 10.1. The number of fused-ring (bicyclic) bond motifs is 1. The molecule has 1 unspecified atom stereocenters. The summed E-state index contributed by atoms with van der Waals surface area (Å²) in [6.07, 6.45) is 8.77. The van der Waals surface area contributed by atoms with Crippen molar-refractivity contribution in [1.29, 1.82) is 0 Å². The van der Waals surface area contributed by atoms with Gasteiger partial charge in [-0.2, -0.15) is 0 Å². The molecule has 0 bridgehead atoms. The summed E-state index contributed by atoms with van der Waals surface area (Å²) in [5.41, 5.74) is 3.26. The van der Waals surface area contributed by atoms with Crippen LogP contribution >= 0.6 is 0 Å². The highest BCUT2D eigenvalue weighted by atomic mass is 16.5. The Morgan fingerprint density at radius 3 is 2.76 bits per heavy atom. The Labute approximate surface area is 201 Å². The van der Waals surface area contributed by atoms with Crippen molar-refractivity contribution in [3.05, 3.63) is 53.2 Å². The number of carbonyl (C=O) groups is 1. The second-order valence-electron chi connectivity index (χ2n) is 9.70. The highest BCUT2D eigenvalue weighted by Gasteiger charge is 2.34. The molecular weight excluding hydrogens is 430 g/mol. The molecule has 2 fully saturated rings. The lowest BCUT2D eigenvalue weighted by Gasteiger charge is -2.24. The van der Waals surface area contributed by atoms with Crippen molar-refractivity contribution in [2.45, 2.75) is 69.6 Å². The van der Waals surface area contributed by atoms with E-state index in [0.29, 0.717) is 19.3 Å². The number of hydrogen-bond donors (Lipinski definition) is 2. The maximum Gasteiger partial charge on any atom is 0.325 e. The van der Waals surface area contributed by atoms with E-state index in [1.54, 1.807) is 0 Å². The normalized spacial score (nSPS) is 21.0. The summed E-state index contributed by atoms with van der Waals surface area (Å²) < 4.78 is 11.9. The number of carboxylic acid groups (broad SMARTS) is 1. The molecule has 1 aliphatic carbocycles. The Morgan fingerprint density at radius 2 is 1.97 bits per heavy atom. The number of pyridine rings is 1. The molecule has 1 aromatic heterocycles. The molecule has 1 aromatic carbocycles. The number of ether oxygens (including phenoxy) is 2. The third kappa shape index (κ3) is 5.88. The van der Waals surface area contributed by atoms with Crippen LogP contribution in [0.3, 0.4) is 0 Å².